The molecule has 6 aromatic rings. The third kappa shape index (κ3) is 14.3. The van der Waals surface area contributed by atoms with E-state index in [1.165, 1.54) is 22.3 Å². The molecule has 0 radical (unpaired) electrons. The topological polar surface area (TPSA) is 80.3 Å². The Labute approximate surface area is 433 Å². The van der Waals surface area contributed by atoms with Gasteiger partial charge in [0, 0.05) is 45.9 Å². The fraction of sp³-hybridized carbons (Fsp3) is 0.523. The van der Waals surface area contributed by atoms with E-state index in [9.17, 15) is 4.79 Å². The van der Waals surface area contributed by atoms with Crippen molar-refractivity contribution >= 4 is 27.9 Å². The number of esters is 1. The lowest BCUT2D eigenvalue weighted by Crippen LogP contribution is -2.49. The van der Waals surface area contributed by atoms with Crippen LogP contribution in [0.5, 0.6) is 11.5 Å². The highest BCUT2D eigenvalue weighted by molar-refractivity contribution is 5.85. The number of fused-ring (bicyclic) bond motifs is 2. The molecule has 3 atom stereocenters. The van der Waals surface area contributed by atoms with Crippen LogP contribution in [-0.2, 0) is 27.1 Å². The molecule has 0 fully saturated rings. The third-order valence-corrected chi connectivity index (χ3v) is 14.0. The summed E-state index contributed by atoms with van der Waals surface area (Å²) in [6.45, 7) is 42.9. The number of carbonyl (C=O) groups is 1. The lowest BCUT2D eigenvalue weighted by molar-refractivity contribution is -0.176. The van der Waals surface area contributed by atoms with Crippen LogP contribution < -0.4 is 9.47 Å². The molecule has 0 aliphatic carbocycles. The number of ether oxygens (including phenoxy) is 4. The standard InChI is InChI=1S/C65H88O7/c1-21-45-31-41(3)23-29-51(45)56-33-47-25-27-49(35-54(47)69-56)67-43(5)37-62(13,14)59(68-44(6)38-64(17,18)72-58(66)53(61(10,11)12)39-60(7,8)9)63(15,16)40-65(19,20)71-50-28-26-48-34-57(70-55(48)36-50)52-30-24-42(4)32-46(52)22-2/h23-37,44,53,59H,21-22,38-40H2,1-20H3/b43-37-. The van der Waals surface area contributed by atoms with Gasteiger partial charge >= 0.3 is 5.97 Å². The van der Waals surface area contributed by atoms with Crippen molar-refractivity contribution in [2.45, 2.75) is 194 Å². The van der Waals surface area contributed by atoms with Crippen molar-refractivity contribution in [3.63, 3.8) is 0 Å². The zero-order valence-electron chi connectivity index (χ0n) is 47.8. The minimum absolute atomic E-state index is 0.0279. The molecule has 0 spiro atoms. The van der Waals surface area contributed by atoms with Crippen molar-refractivity contribution in [2.75, 3.05) is 0 Å². The molecule has 0 aliphatic heterocycles. The largest absolute Gasteiger partial charge is 0.488 e. The molecular weight excluding hydrogens is 893 g/mol. The summed E-state index contributed by atoms with van der Waals surface area (Å²) in [5, 5.41) is 2.06. The Hall–Kier alpha value is -5.27. The summed E-state index contributed by atoms with van der Waals surface area (Å²) in [5.41, 5.74) is 6.12. The van der Waals surface area contributed by atoms with Crippen LogP contribution in [0.4, 0.5) is 0 Å². The fourth-order valence-electron chi connectivity index (χ4n) is 11.4. The maximum absolute atomic E-state index is 14.0. The summed E-state index contributed by atoms with van der Waals surface area (Å²) < 4.78 is 40.3. The molecule has 390 valence electrons. The zero-order valence-corrected chi connectivity index (χ0v) is 47.8. The van der Waals surface area contributed by atoms with Crippen molar-refractivity contribution < 1.29 is 32.6 Å². The minimum atomic E-state index is -0.780. The molecule has 4 aromatic carbocycles. The second kappa shape index (κ2) is 21.3. The zero-order chi connectivity index (χ0) is 53.4. The first kappa shape index (κ1) is 56.0. The maximum atomic E-state index is 14.0. The van der Waals surface area contributed by atoms with Gasteiger partial charge in [-0.2, -0.15) is 0 Å². The van der Waals surface area contributed by atoms with E-state index in [2.05, 4.69) is 184 Å². The van der Waals surface area contributed by atoms with Crippen LogP contribution in [0.15, 0.2) is 106 Å². The molecule has 7 nitrogen and oxygen atoms in total. The molecule has 0 aliphatic rings. The van der Waals surface area contributed by atoms with Crippen LogP contribution in [0, 0.1) is 41.4 Å². The van der Waals surface area contributed by atoms with Gasteiger partial charge in [0.25, 0.3) is 0 Å². The maximum Gasteiger partial charge on any atom is 0.310 e. The van der Waals surface area contributed by atoms with Crippen molar-refractivity contribution in [1.29, 1.82) is 0 Å². The second-order valence-electron chi connectivity index (χ2n) is 25.7. The van der Waals surface area contributed by atoms with Crippen molar-refractivity contribution in [3.05, 3.63) is 119 Å². The van der Waals surface area contributed by atoms with E-state index in [1.807, 2.05) is 45.0 Å². The molecule has 2 heterocycles. The van der Waals surface area contributed by atoms with Crippen molar-refractivity contribution in [1.82, 2.24) is 0 Å². The third-order valence-electron chi connectivity index (χ3n) is 14.0. The molecule has 72 heavy (non-hydrogen) atoms. The summed E-state index contributed by atoms with van der Waals surface area (Å²) in [4.78, 5) is 14.0. The van der Waals surface area contributed by atoms with Gasteiger partial charge in [-0.3, -0.25) is 4.79 Å². The highest BCUT2D eigenvalue weighted by Gasteiger charge is 2.46. The second-order valence-corrected chi connectivity index (χ2v) is 25.7. The molecule has 2 aromatic heterocycles. The molecule has 0 saturated carbocycles. The predicted molar refractivity (Wildman–Crippen MR) is 299 cm³/mol. The van der Waals surface area contributed by atoms with E-state index in [0.29, 0.717) is 18.6 Å². The summed E-state index contributed by atoms with van der Waals surface area (Å²) in [5.74, 6) is 3.49. The lowest BCUT2D eigenvalue weighted by Gasteiger charge is -2.47. The summed E-state index contributed by atoms with van der Waals surface area (Å²) in [6.07, 6.45) is 5.30. The Morgan fingerprint density at radius 3 is 1.61 bits per heavy atom. The average Bonchev–Trinajstić information content (AvgIpc) is 3.86. The van der Waals surface area contributed by atoms with Crippen LogP contribution >= 0.6 is 0 Å². The smallest absolute Gasteiger partial charge is 0.310 e. The van der Waals surface area contributed by atoms with E-state index >= 15 is 0 Å². The minimum Gasteiger partial charge on any atom is -0.488 e. The molecule has 7 heteroatoms. The van der Waals surface area contributed by atoms with Gasteiger partial charge in [0.2, 0.25) is 0 Å². The van der Waals surface area contributed by atoms with Gasteiger partial charge in [0.05, 0.1) is 23.9 Å². The quantitative estimate of drug-likeness (QED) is 0.0557. The first-order chi connectivity index (χ1) is 33.3. The molecule has 0 bridgehead atoms. The van der Waals surface area contributed by atoms with Gasteiger partial charge in [-0.05, 0) is 151 Å². The highest BCUT2D eigenvalue weighted by atomic mass is 16.6. The van der Waals surface area contributed by atoms with Crippen LogP contribution in [0.3, 0.4) is 0 Å². The SMILES string of the molecule is CCc1cc(C)ccc1-c1cc2ccc(O/C(C)=C\C(C)(C)C(OC(C)CC(C)(C)OC(=O)C(CC(C)(C)C)C(C)(C)C)C(C)(C)CC(C)(C)Oc3ccc4cc(-c5ccc(C)cc5CC)oc4c3)cc2o1. The Balaban J connectivity index is 1.27. The highest BCUT2D eigenvalue weighted by Crippen LogP contribution is 2.46. The fourth-order valence-corrected chi connectivity index (χ4v) is 11.4. The number of aryl methyl sites for hydroxylation is 4. The summed E-state index contributed by atoms with van der Waals surface area (Å²) in [7, 11) is 0. The first-order valence-electron chi connectivity index (χ1n) is 26.5. The van der Waals surface area contributed by atoms with Gasteiger partial charge in [-0.25, -0.2) is 0 Å². The van der Waals surface area contributed by atoms with E-state index < -0.39 is 22.0 Å². The molecular formula is C65H88O7. The Bertz CT molecular complexity index is 2860. The number of furan rings is 2. The van der Waals surface area contributed by atoms with Gasteiger partial charge in [0.15, 0.2) is 0 Å². The molecule has 0 saturated heterocycles. The summed E-state index contributed by atoms with van der Waals surface area (Å²) >= 11 is 0. The average molecular weight is 981 g/mol. The number of rotatable bonds is 20. The van der Waals surface area contributed by atoms with Crippen LogP contribution in [0.1, 0.15) is 166 Å². The van der Waals surface area contributed by atoms with E-state index in [-0.39, 0.29) is 34.9 Å². The molecule has 6 rings (SSSR count). The lowest BCUT2D eigenvalue weighted by atomic mass is 9.67. The van der Waals surface area contributed by atoms with Gasteiger partial charge in [0.1, 0.15) is 45.4 Å². The van der Waals surface area contributed by atoms with E-state index in [0.717, 1.165) is 75.4 Å². The van der Waals surface area contributed by atoms with E-state index in [4.69, 9.17) is 27.8 Å². The molecule has 0 amide bonds. The Morgan fingerprint density at radius 1 is 0.625 bits per heavy atom. The van der Waals surface area contributed by atoms with Gasteiger partial charge in [-0.1, -0.05) is 131 Å². The van der Waals surface area contributed by atoms with Crippen LogP contribution in [0.2, 0.25) is 0 Å². The van der Waals surface area contributed by atoms with Crippen molar-refractivity contribution in [3.8, 4) is 34.1 Å². The molecule has 0 N–H and O–H groups in total. The van der Waals surface area contributed by atoms with Crippen LogP contribution in [-0.4, -0.2) is 29.4 Å². The normalized spacial score (nSPS) is 14.7. The van der Waals surface area contributed by atoms with Gasteiger partial charge in [-0.15, -0.1) is 0 Å². The first-order valence-corrected chi connectivity index (χ1v) is 26.5. The predicted octanol–water partition coefficient (Wildman–Crippen LogP) is 18.4. The number of benzene rings is 4. The van der Waals surface area contributed by atoms with Crippen molar-refractivity contribution in [2.24, 2.45) is 27.6 Å². The monoisotopic (exact) mass is 981 g/mol. The molecule has 3 unspecified atom stereocenters. The summed E-state index contributed by atoms with van der Waals surface area (Å²) in [6, 6.07) is 29.5. The number of allylic oxidation sites excluding steroid dienone is 1. The van der Waals surface area contributed by atoms with E-state index in [1.54, 1.807) is 0 Å². The number of carbonyl (C=O) groups excluding carboxylic acids is 1. The van der Waals surface area contributed by atoms with Gasteiger partial charge < -0.3 is 27.8 Å². The number of hydrogen-bond acceptors (Lipinski definition) is 7. The van der Waals surface area contributed by atoms with Crippen LogP contribution in [0.25, 0.3) is 44.6 Å². The number of hydrogen-bond donors (Lipinski definition) is 0. The Kier molecular flexibility index (Phi) is 16.6. The Morgan fingerprint density at radius 2 is 1.12 bits per heavy atom.